The number of nitrogens with one attached hydrogen (secondary N) is 2. The third-order valence-electron chi connectivity index (χ3n) is 2.59. The van der Waals surface area contributed by atoms with Crippen LogP contribution in [-0.2, 0) is 0 Å². The van der Waals surface area contributed by atoms with Crippen molar-refractivity contribution in [3.8, 4) is 0 Å². The normalized spacial score (nSPS) is 16.1. The Kier molecular flexibility index (Phi) is 7.99. The summed E-state index contributed by atoms with van der Waals surface area (Å²) in [5.74, 6) is 7.41. The van der Waals surface area contributed by atoms with Crippen molar-refractivity contribution in [1.29, 1.82) is 0 Å². The van der Waals surface area contributed by atoms with Crippen molar-refractivity contribution in [1.82, 2.24) is 10.7 Å². The van der Waals surface area contributed by atoms with Crippen molar-refractivity contribution in [3.63, 3.8) is 0 Å². The fourth-order valence-electron chi connectivity index (χ4n) is 1.47. The molecule has 2 atom stereocenters. The van der Waals surface area contributed by atoms with E-state index >= 15 is 0 Å². The molecule has 0 aliphatic rings. The van der Waals surface area contributed by atoms with Crippen LogP contribution >= 0.6 is 0 Å². The SMILES string of the molecule is CCC(C)CC(C)NC(=NCC(C)C)NN. The molecule has 0 bridgehead atoms. The molecule has 16 heavy (non-hydrogen) atoms. The maximum atomic E-state index is 5.43. The predicted molar refractivity (Wildman–Crippen MR) is 71.1 cm³/mol. The fourth-order valence-corrected chi connectivity index (χ4v) is 1.47. The second-order valence-electron chi connectivity index (χ2n) is 5.02. The Morgan fingerprint density at radius 1 is 1.25 bits per heavy atom. The second kappa shape index (κ2) is 8.39. The zero-order valence-corrected chi connectivity index (χ0v) is 11.4. The highest BCUT2D eigenvalue weighted by Gasteiger charge is 2.08. The molecule has 0 saturated heterocycles. The van der Waals surface area contributed by atoms with E-state index in [1.807, 2.05) is 0 Å². The first-order valence-corrected chi connectivity index (χ1v) is 6.27. The lowest BCUT2D eigenvalue weighted by Crippen LogP contribution is -2.46. The molecule has 0 amide bonds. The van der Waals surface area contributed by atoms with Crippen LogP contribution in [-0.4, -0.2) is 18.5 Å². The largest absolute Gasteiger partial charge is 0.353 e. The minimum Gasteiger partial charge on any atom is -0.353 e. The Balaban J connectivity index is 4.05. The van der Waals surface area contributed by atoms with Gasteiger partial charge in [0.05, 0.1) is 0 Å². The van der Waals surface area contributed by atoms with Crippen molar-refractivity contribution in [2.24, 2.45) is 22.7 Å². The molecule has 4 heteroatoms. The van der Waals surface area contributed by atoms with Gasteiger partial charge < -0.3 is 5.32 Å². The first-order valence-electron chi connectivity index (χ1n) is 6.27. The summed E-state index contributed by atoms with van der Waals surface area (Å²) in [5, 5.41) is 3.30. The molecule has 0 spiro atoms. The maximum Gasteiger partial charge on any atom is 0.205 e. The van der Waals surface area contributed by atoms with Gasteiger partial charge in [0.25, 0.3) is 0 Å². The lowest BCUT2D eigenvalue weighted by atomic mass is 10.0. The predicted octanol–water partition coefficient (Wildman–Crippen LogP) is 1.88. The smallest absolute Gasteiger partial charge is 0.205 e. The van der Waals surface area contributed by atoms with E-state index in [1.54, 1.807) is 0 Å². The highest BCUT2D eigenvalue weighted by molar-refractivity contribution is 5.79. The molecule has 0 aromatic carbocycles. The minimum atomic E-state index is 0.400. The average Bonchev–Trinajstić information content (AvgIpc) is 2.23. The summed E-state index contributed by atoms with van der Waals surface area (Å²) in [4.78, 5) is 4.38. The lowest BCUT2D eigenvalue weighted by molar-refractivity contribution is 0.445. The Hall–Kier alpha value is -0.770. The first kappa shape index (κ1) is 15.2. The maximum absolute atomic E-state index is 5.43. The van der Waals surface area contributed by atoms with Gasteiger partial charge in [-0.1, -0.05) is 34.1 Å². The summed E-state index contributed by atoms with van der Waals surface area (Å²) in [6, 6.07) is 0.400. The number of guanidine groups is 1. The molecule has 0 aromatic rings. The number of aliphatic imine (C=N–C) groups is 1. The summed E-state index contributed by atoms with van der Waals surface area (Å²) in [7, 11) is 0. The van der Waals surface area contributed by atoms with E-state index in [0.717, 1.165) is 18.9 Å². The third kappa shape index (κ3) is 7.51. The molecule has 0 radical (unpaired) electrons. The van der Waals surface area contributed by atoms with Crippen LogP contribution in [0.1, 0.15) is 47.5 Å². The molecule has 2 unspecified atom stereocenters. The zero-order valence-electron chi connectivity index (χ0n) is 11.4. The molecule has 0 aromatic heterocycles. The van der Waals surface area contributed by atoms with Gasteiger partial charge in [0, 0.05) is 12.6 Å². The molecule has 0 fully saturated rings. The van der Waals surface area contributed by atoms with Crippen LogP contribution in [0, 0.1) is 11.8 Å². The quantitative estimate of drug-likeness (QED) is 0.281. The van der Waals surface area contributed by atoms with Crippen molar-refractivity contribution in [2.75, 3.05) is 6.54 Å². The van der Waals surface area contributed by atoms with Crippen molar-refractivity contribution in [2.45, 2.75) is 53.5 Å². The van der Waals surface area contributed by atoms with Gasteiger partial charge in [-0.05, 0) is 25.2 Å². The third-order valence-corrected chi connectivity index (χ3v) is 2.59. The number of hydrogen-bond donors (Lipinski definition) is 3. The van der Waals surface area contributed by atoms with Gasteiger partial charge in [0.15, 0.2) is 0 Å². The van der Waals surface area contributed by atoms with Crippen LogP contribution in [0.4, 0.5) is 0 Å². The van der Waals surface area contributed by atoms with Gasteiger partial charge in [-0.3, -0.25) is 10.4 Å². The molecule has 0 heterocycles. The highest BCUT2D eigenvalue weighted by atomic mass is 15.3. The molecule has 0 aliphatic heterocycles. The van der Waals surface area contributed by atoms with E-state index < -0.39 is 0 Å². The van der Waals surface area contributed by atoms with Crippen molar-refractivity contribution < 1.29 is 0 Å². The molecule has 4 N–H and O–H groups in total. The van der Waals surface area contributed by atoms with E-state index in [9.17, 15) is 0 Å². The van der Waals surface area contributed by atoms with Crippen LogP contribution in [0.5, 0.6) is 0 Å². The van der Waals surface area contributed by atoms with Crippen LogP contribution in [0.25, 0.3) is 0 Å². The van der Waals surface area contributed by atoms with Crippen LogP contribution in [0.3, 0.4) is 0 Å². The van der Waals surface area contributed by atoms with E-state index in [0.29, 0.717) is 17.9 Å². The highest BCUT2D eigenvalue weighted by Crippen LogP contribution is 2.09. The van der Waals surface area contributed by atoms with Gasteiger partial charge in [0.1, 0.15) is 0 Å². The van der Waals surface area contributed by atoms with Gasteiger partial charge in [-0.2, -0.15) is 0 Å². The molecule has 0 saturated carbocycles. The molecule has 0 rings (SSSR count). The van der Waals surface area contributed by atoms with Gasteiger partial charge in [0.2, 0.25) is 5.96 Å². The minimum absolute atomic E-state index is 0.400. The van der Waals surface area contributed by atoms with E-state index in [4.69, 9.17) is 5.84 Å². The summed E-state index contributed by atoms with van der Waals surface area (Å²) < 4.78 is 0. The molecule has 4 nitrogen and oxygen atoms in total. The van der Waals surface area contributed by atoms with Crippen LogP contribution in [0.15, 0.2) is 4.99 Å². The molecular weight excluding hydrogens is 200 g/mol. The monoisotopic (exact) mass is 228 g/mol. The van der Waals surface area contributed by atoms with Crippen molar-refractivity contribution in [3.05, 3.63) is 0 Å². The number of rotatable bonds is 6. The standard InChI is InChI=1S/C12H28N4/c1-6-10(4)7-11(5)15-12(16-13)14-8-9(2)3/h9-11H,6-8,13H2,1-5H3,(H2,14,15,16). The van der Waals surface area contributed by atoms with E-state index in [2.05, 4.69) is 50.4 Å². The molecule has 0 aliphatic carbocycles. The zero-order chi connectivity index (χ0) is 12.6. The topological polar surface area (TPSA) is 62.4 Å². The average molecular weight is 228 g/mol. The summed E-state index contributed by atoms with van der Waals surface area (Å²) >= 11 is 0. The summed E-state index contributed by atoms with van der Waals surface area (Å²) in [6.45, 7) is 11.7. The van der Waals surface area contributed by atoms with E-state index in [-0.39, 0.29) is 0 Å². The second-order valence-corrected chi connectivity index (χ2v) is 5.02. The summed E-state index contributed by atoms with van der Waals surface area (Å²) in [5.41, 5.74) is 2.62. The molecular formula is C12H28N4. The Bertz CT molecular complexity index is 201. The van der Waals surface area contributed by atoms with Gasteiger partial charge >= 0.3 is 0 Å². The molecule has 96 valence electrons. The Morgan fingerprint density at radius 3 is 2.31 bits per heavy atom. The Labute approximate surface area is 100 Å². The van der Waals surface area contributed by atoms with E-state index in [1.165, 1.54) is 6.42 Å². The first-order chi connectivity index (χ1) is 7.49. The lowest BCUT2D eigenvalue weighted by Gasteiger charge is -2.19. The fraction of sp³-hybridized carbons (Fsp3) is 0.917. The van der Waals surface area contributed by atoms with Gasteiger partial charge in [-0.15, -0.1) is 0 Å². The van der Waals surface area contributed by atoms with Crippen LogP contribution < -0.4 is 16.6 Å². The number of hydrogen-bond acceptors (Lipinski definition) is 2. The number of nitrogens with two attached hydrogens (primary N) is 1. The van der Waals surface area contributed by atoms with Gasteiger partial charge in [-0.25, -0.2) is 5.84 Å². The van der Waals surface area contributed by atoms with Crippen molar-refractivity contribution >= 4 is 5.96 Å². The Morgan fingerprint density at radius 2 is 1.88 bits per heavy atom. The number of nitrogens with zero attached hydrogens (tertiary/aromatic N) is 1. The van der Waals surface area contributed by atoms with Crippen LogP contribution in [0.2, 0.25) is 0 Å². The summed E-state index contributed by atoms with van der Waals surface area (Å²) in [6.07, 6.45) is 2.35. The number of hydrazine groups is 1.